The Morgan fingerprint density at radius 1 is 1.25 bits per heavy atom. The molecule has 2 heterocycles. The van der Waals surface area contributed by atoms with E-state index in [1.165, 1.54) is 6.92 Å². The predicted octanol–water partition coefficient (Wildman–Crippen LogP) is 0.774. The predicted molar refractivity (Wildman–Crippen MR) is 73.3 cm³/mol. The number of piperidine rings is 1. The summed E-state index contributed by atoms with van der Waals surface area (Å²) >= 11 is 0. The Labute approximate surface area is 119 Å². The molecule has 0 aromatic heterocycles. The number of carbonyl (C=O) groups excluding carboxylic acids is 1. The molecule has 0 aromatic rings. The first kappa shape index (κ1) is 15.7. The van der Waals surface area contributed by atoms with Crippen LogP contribution in [0.25, 0.3) is 0 Å². The lowest BCUT2D eigenvalue weighted by Crippen LogP contribution is -2.73. The van der Waals surface area contributed by atoms with Gasteiger partial charge in [-0.2, -0.15) is 0 Å². The summed E-state index contributed by atoms with van der Waals surface area (Å²) < 4.78 is 25.5. The van der Waals surface area contributed by atoms with E-state index in [0.29, 0.717) is 6.54 Å². The number of ether oxygens (including phenoxy) is 2. The third kappa shape index (κ3) is 2.69. The molecule has 2 rings (SSSR count). The van der Waals surface area contributed by atoms with Gasteiger partial charge >= 0.3 is 0 Å². The molecule has 4 atom stereocenters. The highest BCUT2D eigenvalue weighted by Crippen LogP contribution is 2.40. The van der Waals surface area contributed by atoms with Gasteiger partial charge in [-0.3, -0.25) is 4.79 Å². The second-order valence-electron chi connectivity index (χ2n) is 6.66. The zero-order valence-corrected chi connectivity index (χ0v) is 12.8. The Hall–Kier alpha value is -0.720. The monoisotopic (exact) mass is 288 g/mol. The van der Waals surface area contributed by atoms with Gasteiger partial charge in [-0.25, -0.2) is 4.39 Å². The van der Waals surface area contributed by atoms with Crippen molar-refractivity contribution in [1.82, 2.24) is 10.6 Å². The lowest BCUT2D eigenvalue weighted by Gasteiger charge is -2.56. The number of fused-ring (bicyclic) bond motifs is 1. The quantitative estimate of drug-likeness (QED) is 0.788. The molecule has 0 saturated carbocycles. The van der Waals surface area contributed by atoms with Crippen molar-refractivity contribution >= 4 is 5.91 Å². The third-order valence-corrected chi connectivity index (χ3v) is 4.58. The molecule has 0 spiro atoms. The summed E-state index contributed by atoms with van der Waals surface area (Å²) in [6.07, 6.45) is -0.752. The van der Waals surface area contributed by atoms with E-state index in [1.807, 2.05) is 27.7 Å². The van der Waals surface area contributed by atoms with E-state index in [9.17, 15) is 9.18 Å². The number of amides is 1. The van der Waals surface area contributed by atoms with E-state index in [4.69, 9.17) is 9.47 Å². The summed E-state index contributed by atoms with van der Waals surface area (Å²) in [7, 11) is 0. The van der Waals surface area contributed by atoms with Crippen LogP contribution in [-0.4, -0.2) is 54.6 Å². The van der Waals surface area contributed by atoms with Gasteiger partial charge in [0.1, 0.15) is 18.9 Å². The Kier molecular flexibility index (Phi) is 4.10. The molecule has 1 amide bonds. The van der Waals surface area contributed by atoms with E-state index >= 15 is 0 Å². The van der Waals surface area contributed by atoms with Crippen molar-refractivity contribution in [2.45, 2.75) is 70.1 Å². The second kappa shape index (κ2) is 5.24. The maximum Gasteiger partial charge on any atom is 0.217 e. The molecule has 0 bridgehead atoms. The van der Waals surface area contributed by atoms with Crippen LogP contribution in [0.4, 0.5) is 4.39 Å². The molecule has 6 heteroatoms. The van der Waals surface area contributed by atoms with E-state index in [2.05, 4.69) is 10.6 Å². The van der Waals surface area contributed by atoms with Crippen molar-refractivity contribution in [1.29, 1.82) is 0 Å². The molecular formula is C14H25FN2O3. The number of alkyl halides is 1. The van der Waals surface area contributed by atoms with Crippen LogP contribution >= 0.6 is 0 Å². The summed E-state index contributed by atoms with van der Waals surface area (Å²) in [6, 6.07) is -0.615. The highest BCUT2D eigenvalue weighted by Gasteiger charge is 2.55. The fraction of sp³-hybridized carbons (Fsp3) is 0.929. The van der Waals surface area contributed by atoms with E-state index in [1.54, 1.807) is 0 Å². The van der Waals surface area contributed by atoms with Crippen LogP contribution in [0.5, 0.6) is 0 Å². The van der Waals surface area contributed by atoms with E-state index in [-0.39, 0.29) is 18.1 Å². The lowest BCUT2D eigenvalue weighted by atomic mass is 9.83. The van der Waals surface area contributed by atoms with Gasteiger partial charge in [0.05, 0.1) is 23.3 Å². The SMILES string of the molecule is CC(=O)NC1CNC(CF)C2OC(C)(C)C(C)(C)OC12. The van der Waals surface area contributed by atoms with E-state index in [0.717, 1.165) is 0 Å². The highest BCUT2D eigenvalue weighted by atomic mass is 19.1. The molecule has 4 unspecified atom stereocenters. The first-order valence-electron chi connectivity index (χ1n) is 7.10. The summed E-state index contributed by atoms with van der Waals surface area (Å²) in [4.78, 5) is 11.3. The summed E-state index contributed by atoms with van der Waals surface area (Å²) in [5.41, 5.74) is -1.04. The average Bonchev–Trinajstić information content (AvgIpc) is 2.31. The molecule has 2 aliphatic heterocycles. The fourth-order valence-electron chi connectivity index (χ4n) is 2.77. The van der Waals surface area contributed by atoms with Crippen molar-refractivity contribution in [3.05, 3.63) is 0 Å². The van der Waals surface area contributed by atoms with Crippen LogP contribution in [0, 0.1) is 0 Å². The largest absolute Gasteiger partial charge is 0.365 e. The maximum atomic E-state index is 13.2. The molecule has 2 N–H and O–H groups in total. The molecule has 0 radical (unpaired) electrons. The minimum atomic E-state index is -0.526. The van der Waals surface area contributed by atoms with Crippen LogP contribution in [0.1, 0.15) is 34.6 Å². The van der Waals surface area contributed by atoms with Gasteiger partial charge in [0.15, 0.2) is 0 Å². The number of hydrogen-bond donors (Lipinski definition) is 2. The molecule has 2 aliphatic rings. The van der Waals surface area contributed by atoms with Gasteiger partial charge in [0.25, 0.3) is 0 Å². The summed E-state index contributed by atoms with van der Waals surface area (Å²) in [6.45, 7) is 9.24. The van der Waals surface area contributed by atoms with Crippen LogP contribution in [0.2, 0.25) is 0 Å². The molecule has 116 valence electrons. The van der Waals surface area contributed by atoms with Gasteiger partial charge < -0.3 is 20.1 Å². The topological polar surface area (TPSA) is 59.6 Å². The first-order valence-corrected chi connectivity index (χ1v) is 7.10. The molecule has 2 fully saturated rings. The number of carbonyl (C=O) groups is 1. The molecule has 0 aliphatic carbocycles. The number of rotatable bonds is 2. The van der Waals surface area contributed by atoms with Gasteiger partial charge in [0.2, 0.25) is 5.91 Å². The standard InChI is InChI=1S/C14H25FN2O3/c1-8(18)17-10-7-16-9(6-15)11-12(10)20-14(4,5)13(2,3)19-11/h9-12,16H,6-7H2,1-5H3,(H,17,18). The molecule has 5 nitrogen and oxygen atoms in total. The highest BCUT2D eigenvalue weighted by molar-refractivity contribution is 5.73. The second-order valence-corrected chi connectivity index (χ2v) is 6.66. The Morgan fingerprint density at radius 2 is 1.80 bits per heavy atom. The zero-order chi connectivity index (χ0) is 15.1. The number of halogens is 1. The van der Waals surface area contributed by atoms with Crippen molar-refractivity contribution < 1.29 is 18.7 Å². The van der Waals surface area contributed by atoms with Crippen LogP contribution in [0.3, 0.4) is 0 Å². The molecule has 0 aromatic carbocycles. The normalized spacial score (nSPS) is 38.9. The molecule has 20 heavy (non-hydrogen) atoms. The van der Waals surface area contributed by atoms with Gasteiger partial charge in [0, 0.05) is 13.5 Å². The van der Waals surface area contributed by atoms with Crippen molar-refractivity contribution in [2.75, 3.05) is 13.2 Å². The number of hydrogen-bond acceptors (Lipinski definition) is 4. The van der Waals surface area contributed by atoms with Crippen LogP contribution < -0.4 is 10.6 Å². The lowest BCUT2D eigenvalue weighted by molar-refractivity contribution is -0.310. The Bertz CT molecular complexity index is 387. The van der Waals surface area contributed by atoms with Gasteiger partial charge in [-0.05, 0) is 27.7 Å². The minimum Gasteiger partial charge on any atom is -0.365 e. The smallest absolute Gasteiger partial charge is 0.217 e. The first-order chi connectivity index (χ1) is 9.18. The third-order valence-electron chi connectivity index (χ3n) is 4.58. The van der Waals surface area contributed by atoms with Gasteiger partial charge in [-0.1, -0.05) is 0 Å². The Balaban J connectivity index is 2.25. The summed E-state index contributed by atoms with van der Waals surface area (Å²) in [5.74, 6) is -0.125. The summed E-state index contributed by atoms with van der Waals surface area (Å²) in [5, 5.41) is 5.96. The van der Waals surface area contributed by atoms with Crippen LogP contribution in [0.15, 0.2) is 0 Å². The van der Waals surface area contributed by atoms with Gasteiger partial charge in [-0.15, -0.1) is 0 Å². The van der Waals surface area contributed by atoms with Crippen molar-refractivity contribution in [3.8, 4) is 0 Å². The van der Waals surface area contributed by atoms with Crippen molar-refractivity contribution in [3.63, 3.8) is 0 Å². The van der Waals surface area contributed by atoms with Crippen LogP contribution in [-0.2, 0) is 14.3 Å². The number of nitrogens with one attached hydrogen (secondary N) is 2. The van der Waals surface area contributed by atoms with E-state index < -0.39 is 30.0 Å². The zero-order valence-electron chi connectivity index (χ0n) is 12.8. The molecular weight excluding hydrogens is 263 g/mol. The average molecular weight is 288 g/mol. The fourth-order valence-corrected chi connectivity index (χ4v) is 2.77. The Morgan fingerprint density at radius 3 is 2.30 bits per heavy atom. The molecule has 2 saturated heterocycles. The maximum absolute atomic E-state index is 13.2. The van der Waals surface area contributed by atoms with Crippen molar-refractivity contribution in [2.24, 2.45) is 0 Å². The minimum absolute atomic E-state index is 0.125.